The highest BCUT2D eigenvalue weighted by Crippen LogP contribution is 2.40. The maximum absolute atomic E-state index is 13.8. The first-order valence-corrected chi connectivity index (χ1v) is 18.1. The molecule has 44 heavy (non-hydrogen) atoms. The molecule has 0 N–H and O–H groups in total. The first-order valence-electron chi connectivity index (χ1n) is 18.1. The van der Waals surface area contributed by atoms with Crippen LogP contribution in [-0.4, -0.2) is 85.8 Å². The lowest BCUT2D eigenvalue weighted by Gasteiger charge is -2.37. The van der Waals surface area contributed by atoms with Crippen molar-refractivity contribution in [3.8, 4) is 0 Å². The quantitative estimate of drug-likeness (QED) is 0.249. The fourth-order valence-electron chi connectivity index (χ4n) is 8.35. The monoisotopic (exact) mass is 621 g/mol. The topological polar surface area (TPSA) is 83.5 Å². The van der Waals surface area contributed by atoms with Crippen LogP contribution in [0.1, 0.15) is 125 Å². The molecular weight excluding hydrogens is 558 g/mol. The van der Waals surface area contributed by atoms with Gasteiger partial charge in [0.05, 0.1) is 48.5 Å². The van der Waals surface area contributed by atoms with Crippen molar-refractivity contribution < 1.29 is 33.3 Å². The van der Waals surface area contributed by atoms with E-state index in [1.54, 1.807) is 0 Å². The third kappa shape index (κ3) is 8.77. The van der Waals surface area contributed by atoms with Gasteiger partial charge in [0.15, 0.2) is 0 Å². The van der Waals surface area contributed by atoms with Crippen LogP contribution in [0.25, 0.3) is 0 Å². The first kappa shape index (κ1) is 35.6. The Labute approximate surface area is 267 Å². The van der Waals surface area contributed by atoms with E-state index in [2.05, 4.69) is 46.7 Å². The van der Waals surface area contributed by atoms with E-state index in [1.165, 1.54) is 0 Å². The number of rotatable bonds is 10. The second-order valence-electron chi connectivity index (χ2n) is 14.7. The number of hydrogen-bond acceptors (Lipinski definition) is 8. The molecule has 0 aromatic carbocycles. The fraction of sp³-hybridized carbons (Fsp3) is 0.944. The van der Waals surface area contributed by atoms with Crippen LogP contribution in [0.4, 0.5) is 0 Å². The molecule has 0 aromatic rings. The lowest BCUT2D eigenvalue weighted by molar-refractivity contribution is -0.175. The van der Waals surface area contributed by atoms with Crippen LogP contribution in [0.3, 0.4) is 0 Å². The molecule has 8 heteroatoms. The van der Waals surface area contributed by atoms with Gasteiger partial charge < -0.3 is 28.6 Å². The van der Waals surface area contributed by atoms with Crippen molar-refractivity contribution in [3.05, 3.63) is 0 Å². The largest absolute Gasteiger partial charge is 0.462 e. The van der Waals surface area contributed by atoms with E-state index in [0.717, 1.165) is 70.6 Å². The Balaban J connectivity index is 1.53. The lowest BCUT2D eigenvalue weighted by Crippen LogP contribution is -2.44. The third-order valence-corrected chi connectivity index (χ3v) is 11.3. The Kier molecular flexibility index (Phi) is 13.4. The number of hydrogen-bond donors (Lipinski definition) is 0. The van der Waals surface area contributed by atoms with Crippen molar-refractivity contribution in [1.29, 1.82) is 0 Å². The zero-order chi connectivity index (χ0) is 32.0. The summed E-state index contributed by atoms with van der Waals surface area (Å²) >= 11 is 0. The summed E-state index contributed by atoms with van der Waals surface area (Å²) in [4.78, 5) is 29.6. The summed E-state index contributed by atoms with van der Waals surface area (Å²) in [6.07, 6.45) is 11.1. The van der Waals surface area contributed by atoms with E-state index in [4.69, 9.17) is 23.7 Å². The number of esters is 2. The number of nitrogens with zero attached hydrogens (tertiary/aromatic N) is 1. The Morgan fingerprint density at radius 2 is 1.52 bits per heavy atom. The van der Waals surface area contributed by atoms with Gasteiger partial charge in [-0.2, -0.15) is 0 Å². The maximum Gasteiger partial charge on any atom is 0.311 e. The minimum Gasteiger partial charge on any atom is -0.462 e. The third-order valence-electron chi connectivity index (χ3n) is 11.3. The molecule has 4 heterocycles. The second-order valence-corrected chi connectivity index (χ2v) is 14.7. The van der Waals surface area contributed by atoms with Crippen molar-refractivity contribution in [2.75, 3.05) is 14.1 Å². The minimum absolute atomic E-state index is 0.0177. The second kappa shape index (κ2) is 16.6. The SMILES string of the molecule is CCC[C@@H]1C[C@@H]2CC[C@@H](O2)[C@@H](C)C(=O)O[C@@H]([C@H](C)[C@H]2CC[C@@H](C[C@@H](CCC)N(C)C)O2)[C@@H](C)[C@@H]2CC[C@@H](O2)[C@@H](CC)C(=O)O1. The van der Waals surface area contributed by atoms with E-state index < -0.39 is 0 Å². The van der Waals surface area contributed by atoms with Gasteiger partial charge in [0.25, 0.3) is 0 Å². The van der Waals surface area contributed by atoms with Gasteiger partial charge in [-0.25, -0.2) is 0 Å². The van der Waals surface area contributed by atoms with Crippen molar-refractivity contribution in [2.24, 2.45) is 23.7 Å². The van der Waals surface area contributed by atoms with Crippen LogP contribution in [0.15, 0.2) is 0 Å². The van der Waals surface area contributed by atoms with Crippen molar-refractivity contribution in [2.45, 2.75) is 180 Å². The van der Waals surface area contributed by atoms with Gasteiger partial charge in [0, 0.05) is 24.3 Å². The summed E-state index contributed by atoms with van der Waals surface area (Å²) in [5, 5.41) is 0. The first-order chi connectivity index (χ1) is 21.1. The Bertz CT molecular complexity index is 913. The number of ether oxygens (including phenoxy) is 5. The molecule has 4 aliphatic rings. The van der Waals surface area contributed by atoms with Gasteiger partial charge in [-0.3, -0.25) is 9.59 Å². The number of carbonyl (C=O) groups excluding carboxylic acids is 2. The Hall–Kier alpha value is -1.22. The minimum atomic E-state index is -0.365. The van der Waals surface area contributed by atoms with E-state index in [-0.39, 0.29) is 84.4 Å². The van der Waals surface area contributed by atoms with Gasteiger partial charge in [0.2, 0.25) is 0 Å². The summed E-state index contributed by atoms with van der Waals surface area (Å²) in [7, 11) is 4.32. The molecule has 4 bridgehead atoms. The van der Waals surface area contributed by atoms with Crippen molar-refractivity contribution in [3.63, 3.8) is 0 Å². The molecular formula is C36H63NO7. The molecule has 4 saturated heterocycles. The van der Waals surface area contributed by atoms with Gasteiger partial charge >= 0.3 is 11.9 Å². The van der Waals surface area contributed by atoms with Gasteiger partial charge in [-0.1, -0.05) is 47.5 Å². The molecule has 0 spiro atoms. The molecule has 4 rings (SSSR count). The summed E-state index contributed by atoms with van der Waals surface area (Å²) in [6, 6.07) is 0.508. The lowest BCUT2D eigenvalue weighted by atomic mass is 9.84. The Morgan fingerprint density at radius 3 is 2.20 bits per heavy atom. The normalized spacial score (nSPS) is 40.2. The smallest absolute Gasteiger partial charge is 0.311 e. The molecule has 4 fully saturated rings. The van der Waals surface area contributed by atoms with Gasteiger partial charge in [-0.05, 0) is 85.2 Å². The van der Waals surface area contributed by atoms with E-state index in [1.807, 2.05) is 13.8 Å². The predicted molar refractivity (Wildman–Crippen MR) is 171 cm³/mol. The summed E-state index contributed by atoms with van der Waals surface area (Å²) < 4.78 is 32.5. The van der Waals surface area contributed by atoms with E-state index >= 15 is 0 Å². The average molecular weight is 622 g/mol. The zero-order valence-electron chi connectivity index (χ0n) is 29.0. The highest BCUT2D eigenvalue weighted by Gasteiger charge is 2.46. The number of carbonyl (C=O) groups is 2. The molecule has 0 amide bonds. The molecule has 0 aliphatic carbocycles. The highest BCUT2D eigenvalue weighted by atomic mass is 16.6. The summed E-state index contributed by atoms with van der Waals surface area (Å²) in [5.74, 6) is -0.988. The van der Waals surface area contributed by atoms with Gasteiger partial charge in [0.1, 0.15) is 12.2 Å². The van der Waals surface area contributed by atoms with Crippen LogP contribution in [0.5, 0.6) is 0 Å². The van der Waals surface area contributed by atoms with Crippen LogP contribution >= 0.6 is 0 Å². The molecule has 8 nitrogen and oxygen atoms in total. The number of fused-ring (bicyclic) bond motifs is 4. The molecule has 0 radical (unpaired) electrons. The number of cyclic esters (lactones) is 2. The average Bonchev–Trinajstić information content (AvgIpc) is 3.76. The predicted octanol–water partition coefficient (Wildman–Crippen LogP) is 6.71. The molecule has 0 saturated carbocycles. The summed E-state index contributed by atoms with van der Waals surface area (Å²) in [5.41, 5.74) is 0. The fourth-order valence-corrected chi connectivity index (χ4v) is 8.35. The van der Waals surface area contributed by atoms with E-state index in [9.17, 15) is 9.59 Å². The van der Waals surface area contributed by atoms with Crippen LogP contribution < -0.4 is 0 Å². The molecule has 4 aliphatic heterocycles. The summed E-state index contributed by atoms with van der Waals surface area (Å²) in [6.45, 7) is 12.7. The Morgan fingerprint density at radius 1 is 0.795 bits per heavy atom. The zero-order valence-corrected chi connectivity index (χ0v) is 29.0. The molecule has 0 unspecified atom stereocenters. The van der Waals surface area contributed by atoms with Crippen LogP contribution in [0, 0.1) is 23.7 Å². The van der Waals surface area contributed by atoms with Crippen molar-refractivity contribution in [1.82, 2.24) is 4.90 Å². The molecule has 254 valence electrons. The molecule has 13 atom stereocenters. The van der Waals surface area contributed by atoms with E-state index in [0.29, 0.717) is 18.9 Å². The van der Waals surface area contributed by atoms with Crippen LogP contribution in [0.2, 0.25) is 0 Å². The van der Waals surface area contributed by atoms with Gasteiger partial charge in [-0.15, -0.1) is 0 Å². The van der Waals surface area contributed by atoms with Crippen molar-refractivity contribution >= 4 is 11.9 Å². The highest BCUT2D eigenvalue weighted by molar-refractivity contribution is 5.73. The standard InChI is InChI=1S/C36H63NO7/c1-9-12-25(37(7)8)20-27-14-16-30(40-27)22(4)34-23(5)31-18-19-33(43-31)29(11-3)36(39)42-26(13-10-2)21-28-15-17-32(41-28)24(6)35(38)44-34/h22-34H,9-21H2,1-8H3/t22-,23+,24-,25-,26-,27+,28+,29-,30-,31+,32-,33-,34+/m1/s1. The molecule has 0 aromatic heterocycles. The van der Waals surface area contributed by atoms with Crippen LogP contribution in [-0.2, 0) is 33.3 Å². The maximum atomic E-state index is 13.8.